The molecule has 3 aromatic rings. The van der Waals surface area contributed by atoms with Crippen LogP contribution in [0.25, 0.3) is 0 Å². The molecule has 4 nitrogen and oxygen atoms in total. The van der Waals surface area contributed by atoms with Gasteiger partial charge in [0.1, 0.15) is 23.8 Å². The lowest BCUT2D eigenvalue weighted by atomic mass is 10.1. The van der Waals surface area contributed by atoms with E-state index >= 15 is 0 Å². The minimum Gasteiger partial charge on any atom is -0.366 e. The molecule has 3 rings (SSSR count). The van der Waals surface area contributed by atoms with Crippen LogP contribution in [0.15, 0.2) is 60.9 Å². The lowest BCUT2D eigenvalue weighted by Gasteiger charge is -2.10. The predicted octanol–water partition coefficient (Wildman–Crippen LogP) is 4.15. The van der Waals surface area contributed by atoms with Gasteiger partial charge in [-0.2, -0.15) is 0 Å². The minimum absolute atomic E-state index is 0.233. The van der Waals surface area contributed by atoms with Gasteiger partial charge in [-0.25, -0.2) is 14.4 Å². The number of rotatable bonds is 6. The standard InChI is InChI=1S/C19H19FN4/c1-14-4-2-3-5-16(14)12-22-19-10-18(23-13-24-19)21-11-15-6-8-17(20)9-7-15/h2-10,13H,11-12H2,1H3,(H2,21,22,23,24). The van der Waals surface area contributed by atoms with Gasteiger partial charge in [-0.1, -0.05) is 36.4 Å². The van der Waals surface area contributed by atoms with Gasteiger partial charge in [-0.05, 0) is 35.7 Å². The van der Waals surface area contributed by atoms with Crippen molar-refractivity contribution in [3.05, 3.63) is 83.4 Å². The molecule has 122 valence electrons. The highest BCUT2D eigenvalue weighted by atomic mass is 19.1. The maximum absolute atomic E-state index is 12.9. The van der Waals surface area contributed by atoms with E-state index in [-0.39, 0.29) is 5.82 Å². The van der Waals surface area contributed by atoms with E-state index in [1.54, 1.807) is 12.1 Å². The Kier molecular flexibility index (Phi) is 5.01. The molecule has 0 unspecified atom stereocenters. The lowest BCUT2D eigenvalue weighted by molar-refractivity contribution is 0.627. The summed E-state index contributed by atoms with van der Waals surface area (Å²) in [7, 11) is 0. The van der Waals surface area contributed by atoms with E-state index in [1.807, 2.05) is 18.2 Å². The van der Waals surface area contributed by atoms with Crippen molar-refractivity contribution in [1.82, 2.24) is 9.97 Å². The smallest absolute Gasteiger partial charge is 0.131 e. The fourth-order valence-electron chi connectivity index (χ4n) is 2.34. The van der Waals surface area contributed by atoms with Gasteiger partial charge >= 0.3 is 0 Å². The second kappa shape index (κ2) is 7.55. The molecule has 0 saturated carbocycles. The lowest BCUT2D eigenvalue weighted by Crippen LogP contribution is -2.06. The molecule has 1 heterocycles. The highest BCUT2D eigenvalue weighted by molar-refractivity contribution is 5.47. The van der Waals surface area contributed by atoms with E-state index in [2.05, 4.69) is 39.7 Å². The van der Waals surface area contributed by atoms with Crippen LogP contribution in [0.5, 0.6) is 0 Å². The SMILES string of the molecule is Cc1ccccc1CNc1cc(NCc2ccc(F)cc2)ncn1. The third-order valence-corrected chi connectivity index (χ3v) is 3.78. The molecule has 0 fully saturated rings. The molecule has 0 saturated heterocycles. The van der Waals surface area contributed by atoms with Crippen LogP contribution in [-0.4, -0.2) is 9.97 Å². The number of benzene rings is 2. The van der Waals surface area contributed by atoms with Crippen LogP contribution >= 0.6 is 0 Å². The number of nitrogens with one attached hydrogen (secondary N) is 2. The van der Waals surface area contributed by atoms with Crippen LogP contribution in [0, 0.1) is 12.7 Å². The summed E-state index contributed by atoms with van der Waals surface area (Å²) in [5.74, 6) is 1.25. The molecule has 5 heteroatoms. The zero-order chi connectivity index (χ0) is 16.8. The fourth-order valence-corrected chi connectivity index (χ4v) is 2.34. The first-order chi connectivity index (χ1) is 11.7. The van der Waals surface area contributed by atoms with Gasteiger partial charge in [0.2, 0.25) is 0 Å². The van der Waals surface area contributed by atoms with Gasteiger partial charge in [-0.15, -0.1) is 0 Å². The number of halogens is 1. The summed E-state index contributed by atoms with van der Waals surface area (Å²) >= 11 is 0. The fraction of sp³-hybridized carbons (Fsp3) is 0.158. The summed E-state index contributed by atoms with van der Waals surface area (Å²) in [6, 6.07) is 16.5. The number of hydrogen-bond acceptors (Lipinski definition) is 4. The van der Waals surface area contributed by atoms with E-state index in [4.69, 9.17) is 0 Å². The Hall–Kier alpha value is -2.95. The summed E-state index contributed by atoms with van der Waals surface area (Å²) in [5.41, 5.74) is 3.47. The number of aromatic nitrogens is 2. The normalized spacial score (nSPS) is 10.4. The average Bonchev–Trinajstić information content (AvgIpc) is 2.61. The molecule has 0 amide bonds. The van der Waals surface area contributed by atoms with E-state index in [0.29, 0.717) is 13.1 Å². The molecule has 24 heavy (non-hydrogen) atoms. The molecule has 0 aliphatic heterocycles. The van der Waals surface area contributed by atoms with Crippen LogP contribution in [0.3, 0.4) is 0 Å². The van der Waals surface area contributed by atoms with Crippen LogP contribution < -0.4 is 10.6 Å². The Bertz CT molecular complexity index is 802. The molecule has 2 aromatic carbocycles. The van der Waals surface area contributed by atoms with Crippen molar-refractivity contribution in [2.75, 3.05) is 10.6 Å². The minimum atomic E-state index is -0.233. The van der Waals surface area contributed by atoms with Crippen LogP contribution in [0.2, 0.25) is 0 Å². The average molecular weight is 322 g/mol. The number of anilines is 2. The van der Waals surface area contributed by atoms with Gasteiger partial charge in [0, 0.05) is 19.2 Å². The number of nitrogens with zero attached hydrogens (tertiary/aromatic N) is 2. The van der Waals surface area contributed by atoms with Crippen molar-refractivity contribution in [2.45, 2.75) is 20.0 Å². The zero-order valence-electron chi connectivity index (χ0n) is 13.5. The molecule has 0 aliphatic rings. The van der Waals surface area contributed by atoms with E-state index in [1.165, 1.54) is 29.6 Å². The first kappa shape index (κ1) is 15.9. The molecular formula is C19H19FN4. The summed E-state index contributed by atoms with van der Waals surface area (Å²) in [6.45, 7) is 3.38. The summed E-state index contributed by atoms with van der Waals surface area (Å²) in [4.78, 5) is 8.45. The Balaban J connectivity index is 1.59. The highest BCUT2D eigenvalue weighted by Gasteiger charge is 2.01. The Labute approximate surface area is 140 Å². The molecule has 0 atom stereocenters. The first-order valence-electron chi connectivity index (χ1n) is 7.79. The zero-order valence-corrected chi connectivity index (χ0v) is 13.5. The Morgan fingerprint density at radius 1 is 0.875 bits per heavy atom. The molecule has 0 spiro atoms. The van der Waals surface area contributed by atoms with Gasteiger partial charge in [0.15, 0.2) is 0 Å². The number of aryl methyl sites for hydroxylation is 1. The van der Waals surface area contributed by atoms with Crippen molar-refractivity contribution >= 4 is 11.6 Å². The molecule has 2 N–H and O–H groups in total. The maximum atomic E-state index is 12.9. The van der Waals surface area contributed by atoms with Crippen molar-refractivity contribution in [2.24, 2.45) is 0 Å². The highest BCUT2D eigenvalue weighted by Crippen LogP contribution is 2.13. The molecule has 0 bridgehead atoms. The van der Waals surface area contributed by atoms with Crippen molar-refractivity contribution in [3.63, 3.8) is 0 Å². The summed E-state index contributed by atoms with van der Waals surface area (Å²) < 4.78 is 12.9. The van der Waals surface area contributed by atoms with Gasteiger partial charge in [0.05, 0.1) is 0 Å². The first-order valence-corrected chi connectivity index (χ1v) is 7.79. The quantitative estimate of drug-likeness (QED) is 0.716. The third-order valence-electron chi connectivity index (χ3n) is 3.78. The second-order valence-corrected chi connectivity index (χ2v) is 5.55. The molecule has 0 aliphatic carbocycles. The van der Waals surface area contributed by atoms with Gasteiger partial charge < -0.3 is 10.6 Å². The van der Waals surface area contributed by atoms with Crippen molar-refractivity contribution in [3.8, 4) is 0 Å². The topological polar surface area (TPSA) is 49.8 Å². The third kappa shape index (κ3) is 4.29. The van der Waals surface area contributed by atoms with Gasteiger partial charge in [-0.3, -0.25) is 0 Å². The van der Waals surface area contributed by atoms with E-state index < -0.39 is 0 Å². The predicted molar refractivity (Wildman–Crippen MR) is 94.3 cm³/mol. The van der Waals surface area contributed by atoms with Crippen LogP contribution in [-0.2, 0) is 13.1 Å². The second-order valence-electron chi connectivity index (χ2n) is 5.55. The van der Waals surface area contributed by atoms with Crippen molar-refractivity contribution in [1.29, 1.82) is 0 Å². The molecule has 0 radical (unpaired) electrons. The van der Waals surface area contributed by atoms with Crippen molar-refractivity contribution < 1.29 is 4.39 Å². The Morgan fingerprint density at radius 2 is 1.54 bits per heavy atom. The van der Waals surface area contributed by atoms with E-state index in [0.717, 1.165) is 17.2 Å². The van der Waals surface area contributed by atoms with E-state index in [9.17, 15) is 4.39 Å². The summed E-state index contributed by atoms with van der Waals surface area (Å²) in [5, 5.41) is 6.52. The van der Waals surface area contributed by atoms with Crippen LogP contribution in [0.1, 0.15) is 16.7 Å². The summed E-state index contributed by atoms with van der Waals surface area (Å²) in [6.07, 6.45) is 1.52. The Morgan fingerprint density at radius 3 is 2.25 bits per heavy atom. The molecule has 1 aromatic heterocycles. The van der Waals surface area contributed by atoms with Crippen LogP contribution in [0.4, 0.5) is 16.0 Å². The number of hydrogen-bond donors (Lipinski definition) is 2. The maximum Gasteiger partial charge on any atom is 0.131 e. The monoisotopic (exact) mass is 322 g/mol. The van der Waals surface area contributed by atoms with Gasteiger partial charge in [0.25, 0.3) is 0 Å². The molecular weight excluding hydrogens is 303 g/mol. The largest absolute Gasteiger partial charge is 0.366 e.